The van der Waals surface area contributed by atoms with E-state index in [4.69, 9.17) is 9.47 Å². The Hall–Kier alpha value is -2.49. The molecule has 0 bridgehead atoms. The van der Waals surface area contributed by atoms with E-state index in [-0.39, 0.29) is 11.3 Å². The molecule has 3 rings (SSSR count). The van der Waals surface area contributed by atoms with Crippen LogP contribution in [0.3, 0.4) is 0 Å². The molecule has 2 aromatic rings. The number of carbonyl (C=O) groups is 1. The summed E-state index contributed by atoms with van der Waals surface area (Å²) in [5.74, 6) is 1.46. The molecule has 1 saturated carbocycles. The van der Waals surface area contributed by atoms with Crippen molar-refractivity contribution in [3.63, 3.8) is 0 Å². The lowest BCUT2D eigenvalue weighted by atomic mass is 9.95. The standard InChI is InChI=1S/C22H27NO3/c1-3-14-25-19-11-10-18(16-20(19)26-15-4-2)23-21(24)22(12-13-22)17-8-6-5-7-9-17/h5-11,16H,3-4,12-15H2,1-2H3,(H,23,24). The van der Waals surface area contributed by atoms with Crippen LogP contribution >= 0.6 is 0 Å². The Kier molecular flexibility index (Phi) is 5.82. The predicted molar refractivity (Wildman–Crippen MR) is 104 cm³/mol. The van der Waals surface area contributed by atoms with Gasteiger partial charge < -0.3 is 14.8 Å². The van der Waals surface area contributed by atoms with E-state index in [1.54, 1.807) is 0 Å². The maximum atomic E-state index is 12.9. The smallest absolute Gasteiger partial charge is 0.235 e. The van der Waals surface area contributed by atoms with Crippen LogP contribution in [0.5, 0.6) is 11.5 Å². The first-order chi connectivity index (χ1) is 12.7. The van der Waals surface area contributed by atoms with E-state index >= 15 is 0 Å². The van der Waals surface area contributed by atoms with Gasteiger partial charge in [0.25, 0.3) is 0 Å². The van der Waals surface area contributed by atoms with Crippen molar-refractivity contribution in [2.24, 2.45) is 0 Å². The Balaban J connectivity index is 1.75. The fourth-order valence-corrected chi connectivity index (χ4v) is 3.02. The summed E-state index contributed by atoms with van der Waals surface area (Å²) >= 11 is 0. The molecule has 1 aliphatic rings. The first kappa shape index (κ1) is 18.3. The molecular weight excluding hydrogens is 326 g/mol. The Morgan fingerprint density at radius 2 is 1.62 bits per heavy atom. The molecule has 4 nitrogen and oxygen atoms in total. The molecule has 1 amide bonds. The summed E-state index contributed by atoms with van der Waals surface area (Å²) in [7, 11) is 0. The van der Waals surface area contributed by atoms with Crippen LogP contribution in [0.4, 0.5) is 5.69 Å². The average molecular weight is 353 g/mol. The molecule has 2 aromatic carbocycles. The number of anilines is 1. The van der Waals surface area contributed by atoms with Crippen molar-refractivity contribution >= 4 is 11.6 Å². The first-order valence-electron chi connectivity index (χ1n) is 9.46. The monoisotopic (exact) mass is 353 g/mol. The number of rotatable bonds is 9. The van der Waals surface area contributed by atoms with Gasteiger partial charge in [-0.15, -0.1) is 0 Å². The van der Waals surface area contributed by atoms with Crippen LogP contribution in [-0.2, 0) is 10.2 Å². The van der Waals surface area contributed by atoms with Gasteiger partial charge in [0.1, 0.15) is 0 Å². The molecule has 0 radical (unpaired) electrons. The third-order valence-corrected chi connectivity index (χ3v) is 4.64. The largest absolute Gasteiger partial charge is 0.490 e. The zero-order chi connectivity index (χ0) is 18.4. The van der Waals surface area contributed by atoms with Crippen LogP contribution in [0, 0.1) is 0 Å². The summed E-state index contributed by atoms with van der Waals surface area (Å²) < 4.78 is 11.6. The Morgan fingerprint density at radius 3 is 2.23 bits per heavy atom. The lowest BCUT2D eigenvalue weighted by Crippen LogP contribution is -2.27. The minimum Gasteiger partial charge on any atom is -0.490 e. The molecule has 138 valence electrons. The summed E-state index contributed by atoms with van der Waals surface area (Å²) in [4.78, 5) is 12.9. The van der Waals surface area contributed by atoms with Crippen molar-refractivity contribution in [1.29, 1.82) is 0 Å². The maximum Gasteiger partial charge on any atom is 0.235 e. The second-order valence-corrected chi connectivity index (χ2v) is 6.76. The third kappa shape index (κ3) is 4.01. The van der Waals surface area contributed by atoms with Gasteiger partial charge in [-0.3, -0.25) is 4.79 Å². The number of benzene rings is 2. The van der Waals surface area contributed by atoms with Gasteiger partial charge in [0, 0.05) is 11.8 Å². The van der Waals surface area contributed by atoms with Gasteiger partial charge in [0.2, 0.25) is 5.91 Å². The molecule has 0 unspecified atom stereocenters. The zero-order valence-electron chi connectivity index (χ0n) is 15.6. The molecule has 1 N–H and O–H groups in total. The molecule has 1 fully saturated rings. The van der Waals surface area contributed by atoms with Crippen molar-refractivity contribution in [2.75, 3.05) is 18.5 Å². The molecule has 0 aromatic heterocycles. The highest BCUT2D eigenvalue weighted by atomic mass is 16.5. The predicted octanol–water partition coefficient (Wildman–Crippen LogP) is 4.93. The van der Waals surface area contributed by atoms with Crippen molar-refractivity contribution < 1.29 is 14.3 Å². The summed E-state index contributed by atoms with van der Waals surface area (Å²) in [6.45, 7) is 5.40. The SMILES string of the molecule is CCCOc1ccc(NC(=O)C2(c3ccccc3)CC2)cc1OCCC. The zero-order valence-corrected chi connectivity index (χ0v) is 15.6. The van der Waals surface area contributed by atoms with Crippen LogP contribution in [0.1, 0.15) is 45.1 Å². The van der Waals surface area contributed by atoms with E-state index in [1.165, 1.54) is 0 Å². The van der Waals surface area contributed by atoms with Crippen LogP contribution < -0.4 is 14.8 Å². The quantitative estimate of drug-likeness (QED) is 0.695. The van der Waals surface area contributed by atoms with E-state index in [0.717, 1.165) is 42.7 Å². The highest BCUT2D eigenvalue weighted by Gasteiger charge is 2.51. The highest BCUT2D eigenvalue weighted by molar-refractivity contribution is 6.01. The summed E-state index contributed by atoms with van der Waals surface area (Å²) in [6.07, 6.45) is 3.63. The second kappa shape index (κ2) is 8.26. The molecule has 0 spiro atoms. The first-order valence-corrected chi connectivity index (χ1v) is 9.46. The van der Waals surface area contributed by atoms with E-state index in [1.807, 2.05) is 48.5 Å². The van der Waals surface area contributed by atoms with Crippen LogP contribution in [0.25, 0.3) is 0 Å². The number of nitrogens with one attached hydrogen (secondary N) is 1. The van der Waals surface area contributed by atoms with E-state index in [2.05, 4.69) is 19.2 Å². The Morgan fingerprint density at radius 1 is 0.962 bits per heavy atom. The molecular formula is C22H27NO3. The summed E-state index contributed by atoms with van der Waals surface area (Å²) in [6, 6.07) is 15.6. The van der Waals surface area contributed by atoms with Gasteiger partial charge in [-0.1, -0.05) is 44.2 Å². The lowest BCUT2D eigenvalue weighted by Gasteiger charge is -2.17. The van der Waals surface area contributed by atoms with Crippen LogP contribution in [-0.4, -0.2) is 19.1 Å². The number of hydrogen-bond acceptors (Lipinski definition) is 3. The molecule has 0 atom stereocenters. The second-order valence-electron chi connectivity index (χ2n) is 6.76. The van der Waals surface area contributed by atoms with E-state index in [9.17, 15) is 4.79 Å². The molecule has 0 saturated heterocycles. The van der Waals surface area contributed by atoms with Crippen LogP contribution in [0.15, 0.2) is 48.5 Å². The third-order valence-electron chi connectivity index (χ3n) is 4.64. The highest BCUT2D eigenvalue weighted by Crippen LogP contribution is 2.49. The Labute approximate surface area is 155 Å². The minimum absolute atomic E-state index is 0.0485. The normalized spacial score (nSPS) is 14.5. The van der Waals surface area contributed by atoms with Gasteiger partial charge in [-0.25, -0.2) is 0 Å². The van der Waals surface area contributed by atoms with Crippen molar-refractivity contribution in [2.45, 2.75) is 44.9 Å². The molecule has 0 heterocycles. The molecule has 1 aliphatic carbocycles. The summed E-state index contributed by atoms with van der Waals surface area (Å²) in [5, 5.41) is 3.07. The fourth-order valence-electron chi connectivity index (χ4n) is 3.02. The van der Waals surface area contributed by atoms with Crippen molar-refractivity contribution in [3.05, 3.63) is 54.1 Å². The molecule has 4 heteroatoms. The summed E-state index contributed by atoms with van der Waals surface area (Å²) in [5.41, 5.74) is 1.44. The van der Waals surface area contributed by atoms with Crippen molar-refractivity contribution in [3.8, 4) is 11.5 Å². The number of ether oxygens (including phenoxy) is 2. The fraction of sp³-hybridized carbons (Fsp3) is 0.409. The van der Waals surface area contributed by atoms with Gasteiger partial charge in [0.05, 0.1) is 18.6 Å². The Bertz CT molecular complexity index is 738. The molecule has 0 aliphatic heterocycles. The van der Waals surface area contributed by atoms with Gasteiger partial charge in [-0.2, -0.15) is 0 Å². The maximum absolute atomic E-state index is 12.9. The van der Waals surface area contributed by atoms with E-state index < -0.39 is 0 Å². The van der Waals surface area contributed by atoms with Gasteiger partial charge in [-0.05, 0) is 43.4 Å². The topological polar surface area (TPSA) is 47.6 Å². The van der Waals surface area contributed by atoms with Gasteiger partial charge in [0.15, 0.2) is 11.5 Å². The lowest BCUT2D eigenvalue weighted by molar-refractivity contribution is -0.118. The minimum atomic E-state index is -0.386. The number of hydrogen-bond donors (Lipinski definition) is 1. The van der Waals surface area contributed by atoms with Gasteiger partial charge >= 0.3 is 0 Å². The van der Waals surface area contributed by atoms with E-state index in [0.29, 0.717) is 19.0 Å². The van der Waals surface area contributed by atoms with Crippen LogP contribution in [0.2, 0.25) is 0 Å². The van der Waals surface area contributed by atoms with Crippen molar-refractivity contribution in [1.82, 2.24) is 0 Å². The average Bonchev–Trinajstić information content (AvgIpc) is 3.48. The number of amides is 1. The molecule has 26 heavy (non-hydrogen) atoms. The number of carbonyl (C=O) groups excluding carboxylic acids is 1.